The second kappa shape index (κ2) is 8.44. The van der Waals surface area contributed by atoms with Crippen molar-refractivity contribution in [2.75, 3.05) is 10.6 Å². The van der Waals surface area contributed by atoms with Crippen LogP contribution in [-0.4, -0.2) is 5.11 Å². The van der Waals surface area contributed by atoms with Crippen LogP contribution in [0.15, 0.2) is 65.5 Å². The van der Waals surface area contributed by atoms with E-state index >= 15 is 0 Å². The molecule has 2 aliphatic rings. The van der Waals surface area contributed by atoms with Crippen LogP contribution in [0.2, 0.25) is 0 Å². The first-order chi connectivity index (χ1) is 15.5. The molecule has 4 rings (SSSR count). The lowest BCUT2D eigenvalue weighted by atomic mass is 9.79. The monoisotopic (exact) mass is 442 g/mol. The molecule has 1 aliphatic heterocycles. The lowest BCUT2D eigenvalue weighted by molar-refractivity contribution is 0.445. The van der Waals surface area contributed by atoms with E-state index in [2.05, 4.69) is 102 Å². The molecule has 2 aromatic rings. The highest BCUT2D eigenvalue weighted by Gasteiger charge is 2.29. The van der Waals surface area contributed by atoms with Crippen molar-refractivity contribution in [2.45, 2.75) is 78.6 Å². The number of aromatic hydroxyl groups is 1. The van der Waals surface area contributed by atoms with Gasteiger partial charge in [-0.2, -0.15) is 0 Å². The molecule has 3 nitrogen and oxygen atoms in total. The summed E-state index contributed by atoms with van der Waals surface area (Å²) in [6.07, 6.45) is 7.63. The maximum Gasteiger partial charge on any atom is 0.121 e. The minimum absolute atomic E-state index is 0.0725. The van der Waals surface area contributed by atoms with Gasteiger partial charge in [-0.25, -0.2) is 0 Å². The predicted octanol–water partition coefficient (Wildman–Crippen LogP) is 8.25. The molecule has 0 amide bonds. The van der Waals surface area contributed by atoms with Gasteiger partial charge in [-0.3, -0.25) is 0 Å². The third-order valence-corrected chi connectivity index (χ3v) is 6.41. The third kappa shape index (κ3) is 4.73. The largest absolute Gasteiger partial charge is 0.508 e. The molecule has 0 atom stereocenters. The lowest BCUT2D eigenvalue weighted by Gasteiger charge is -2.30. The Balaban J connectivity index is 1.81. The molecule has 1 fully saturated rings. The minimum atomic E-state index is -0.131. The van der Waals surface area contributed by atoms with Gasteiger partial charge in [0, 0.05) is 40.5 Å². The first-order valence-corrected chi connectivity index (χ1v) is 12.1. The Kier molecular flexibility index (Phi) is 5.94. The molecule has 1 aliphatic carbocycles. The summed E-state index contributed by atoms with van der Waals surface area (Å²) < 4.78 is 0. The van der Waals surface area contributed by atoms with E-state index in [0.717, 1.165) is 41.9 Å². The Morgan fingerprint density at radius 2 is 1.67 bits per heavy atom. The van der Waals surface area contributed by atoms with E-state index < -0.39 is 0 Å². The summed E-state index contributed by atoms with van der Waals surface area (Å²) in [7, 11) is 0. The number of phenolic OH excluding ortho intramolecular Hbond substituents is 1. The van der Waals surface area contributed by atoms with Crippen molar-refractivity contribution in [2.24, 2.45) is 0 Å². The molecule has 0 bridgehead atoms. The Hall–Kier alpha value is -2.94. The van der Waals surface area contributed by atoms with Crippen molar-refractivity contribution >= 4 is 16.9 Å². The van der Waals surface area contributed by atoms with Crippen LogP contribution in [0.1, 0.15) is 84.4 Å². The molecule has 1 heterocycles. The van der Waals surface area contributed by atoms with Crippen molar-refractivity contribution < 1.29 is 5.11 Å². The number of phenols is 1. The molecule has 0 aromatic heterocycles. The highest BCUT2D eigenvalue weighted by molar-refractivity contribution is 5.95. The Morgan fingerprint density at radius 3 is 2.27 bits per heavy atom. The average molecular weight is 443 g/mol. The van der Waals surface area contributed by atoms with Gasteiger partial charge in [0.2, 0.25) is 0 Å². The van der Waals surface area contributed by atoms with Gasteiger partial charge < -0.3 is 15.7 Å². The van der Waals surface area contributed by atoms with Gasteiger partial charge in [0.05, 0.1) is 0 Å². The molecule has 3 N–H and O–H groups in total. The molecule has 3 heteroatoms. The number of nitrogens with one attached hydrogen (secondary N) is 2. The molecule has 174 valence electrons. The lowest BCUT2D eigenvalue weighted by Crippen LogP contribution is -2.19. The van der Waals surface area contributed by atoms with E-state index in [-0.39, 0.29) is 10.8 Å². The fraction of sp³-hybridized carbons (Fsp3) is 0.400. The molecule has 2 aromatic carbocycles. The van der Waals surface area contributed by atoms with Gasteiger partial charge in [0.1, 0.15) is 5.75 Å². The summed E-state index contributed by atoms with van der Waals surface area (Å²) in [5, 5.41) is 18.2. The van der Waals surface area contributed by atoms with Crippen LogP contribution in [0.5, 0.6) is 5.75 Å². The quantitative estimate of drug-likeness (QED) is 0.446. The van der Waals surface area contributed by atoms with E-state index in [1.165, 1.54) is 27.8 Å². The van der Waals surface area contributed by atoms with Gasteiger partial charge in [-0.05, 0) is 58.9 Å². The zero-order chi connectivity index (χ0) is 24.0. The van der Waals surface area contributed by atoms with Crippen molar-refractivity contribution in [1.29, 1.82) is 0 Å². The second-order valence-electron chi connectivity index (χ2n) is 11.3. The van der Waals surface area contributed by atoms with Crippen molar-refractivity contribution in [3.63, 3.8) is 0 Å². The minimum Gasteiger partial charge on any atom is -0.508 e. The molecule has 0 spiro atoms. The van der Waals surface area contributed by atoms with Crippen LogP contribution in [0.4, 0.5) is 11.4 Å². The van der Waals surface area contributed by atoms with Crippen LogP contribution in [0, 0.1) is 0 Å². The molecule has 0 radical (unpaired) electrons. The van der Waals surface area contributed by atoms with Crippen LogP contribution in [-0.2, 0) is 10.8 Å². The average Bonchev–Trinajstić information content (AvgIpc) is 3.56. The molecule has 1 saturated carbocycles. The summed E-state index contributed by atoms with van der Waals surface area (Å²) in [4.78, 5) is 0. The Labute approximate surface area is 199 Å². The summed E-state index contributed by atoms with van der Waals surface area (Å²) in [5.74, 6) is 0.343. The van der Waals surface area contributed by atoms with Crippen LogP contribution in [0.25, 0.3) is 5.57 Å². The van der Waals surface area contributed by atoms with Crippen LogP contribution in [0.3, 0.4) is 0 Å². The SMILES string of the molecule is CC/C=C(/Nc1cc(O)c(C(C)(C)C)cc1C(C)(C)C)C1=CNc2ccccc2C1=C1CC1. The maximum absolute atomic E-state index is 11.0. The molecular weight excluding hydrogens is 404 g/mol. The fourth-order valence-electron chi connectivity index (χ4n) is 4.59. The molecule has 0 unspecified atom stereocenters. The van der Waals surface area contributed by atoms with E-state index in [1.807, 2.05) is 6.07 Å². The number of hydrogen-bond donors (Lipinski definition) is 3. The summed E-state index contributed by atoms with van der Waals surface area (Å²) in [6.45, 7) is 15.3. The summed E-state index contributed by atoms with van der Waals surface area (Å²) in [6, 6.07) is 12.6. The van der Waals surface area contributed by atoms with Gasteiger partial charge in [0.25, 0.3) is 0 Å². The van der Waals surface area contributed by atoms with E-state index in [4.69, 9.17) is 0 Å². The van der Waals surface area contributed by atoms with Crippen molar-refractivity contribution in [1.82, 2.24) is 0 Å². The number of hydrogen-bond acceptors (Lipinski definition) is 3. The number of para-hydroxylation sites is 1. The number of anilines is 2. The first-order valence-electron chi connectivity index (χ1n) is 12.1. The second-order valence-corrected chi connectivity index (χ2v) is 11.3. The zero-order valence-electron chi connectivity index (χ0n) is 21.2. The van der Waals surface area contributed by atoms with Crippen LogP contribution < -0.4 is 10.6 Å². The van der Waals surface area contributed by atoms with Gasteiger partial charge in [-0.1, -0.05) is 78.3 Å². The highest BCUT2D eigenvalue weighted by atomic mass is 16.3. The number of rotatable bonds is 4. The van der Waals surface area contributed by atoms with E-state index in [9.17, 15) is 5.11 Å². The standard InChI is InChI=1S/C30H38N2O/c1-8-11-25(21-18-31-24-13-10-9-12-20(24)28(21)19-14-15-19)32-26-17-27(33)23(30(5,6)7)16-22(26)29(2,3)4/h9-13,16-18,31-33H,8,14-15H2,1-7H3/b25-11+. The highest BCUT2D eigenvalue weighted by Crippen LogP contribution is 2.47. The van der Waals surface area contributed by atoms with E-state index in [0.29, 0.717) is 5.75 Å². The fourth-order valence-corrected chi connectivity index (χ4v) is 4.59. The molecular formula is C30H38N2O. The summed E-state index contributed by atoms with van der Waals surface area (Å²) in [5.41, 5.74) is 10.5. The van der Waals surface area contributed by atoms with Gasteiger partial charge in [0.15, 0.2) is 0 Å². The topological polar surface area (TPSA) is 44.3 Å². The Morgan fingerprint density at radius 1 is 1.00 bits per heavy atom. The summed E-state index contributed by atoms with van der Waals surface area (Å²) >= 11 is 0. The number of allylic oxidation sites excluding steroid dienone is 3. The number of fused-ring (bicyclic) bond motifs is 1. The van der Waals surface area contributed by atoms with Gasteiger partial charge >= 0.3 is 0 Å². The van der Waals surface area contributed by atoms with Gasteiger partial charge in [-0.15, -0.1) is 0 Å². The van der Waals surface area contributed by atoms with E-state index in [1.54, 1.807) is 0 Å². The predicted molar refractivity (Wildman–Crippen MR) is 142 cm³/mol. The normalized spacial score (nSPS) is 16.2. The first kappa shape index (κ1) is 23.2. The molecule has 0 saturated heterocycles. The smallest absolute Gasteiger partial charge is 0.121 e. The third-order valence-electron chi connectivity index (χ3n) is 6.41. The zero-order valence-corrected chi connectivity index (χ0v) is 21.2. The number of benzene rings is 2. The Bertz CT molecular complexity index is 1160. The van der Waals surface area contributed by atoms with Crippen LogP contribution >= 0.6 is 0 Å². The van der Waals surface area contributed by atoms with Crippen molar-refractivity contribution in [3.8, 4) is 5.75 Å². The van der Waals surface area contributed by atoms with Crippen molar-refractivity contribution in [3.05, 3.63) is 82.2 Å². The maximum atomic E-state index is 11.0. The molecule has 33 heavy (non-hydrogen) atoms.